The molecule has 0 bridgehead atoms. The number of hydrogen-bond donors (Lipinski definition) is 1. The predicted molar refractivity (Wildman–Crippen MR) is 65.2 cm³/mol. The Kier molecular flexibility index (Phi) is 4.19. The maximum Gasteiger partial charge on any atom is 0.312 e. The molecule has 0 amide bonds. The van der Waals surface area contributed by atoms with Crippen LogP contribution in [0.3, 0.4) is 0 Å². The topological polar surface area (TPSA) is 86.5 Å². The highest BCUT2D eigenvalue weighted by Crippen LogP contribution is 2.31. The lowest BCUT2D eigenvalue weighted by Gasteiger charge is -2.36. The summed E-state index contributed by atoms with van der Waals surface area (Å²) in [5.41, 5.74) is 5.20. The molecule has 0 aromatic carbocycles. The van der Waals surface area contributed by atoms with Crippen LogP contribution in [0.5, 0.6) is 0 Å². The van der Waals surface area contributed by atoms with Crippen molar-refractivity contribution in [2.24, 2.45) is 17.1 Å². The Morgan fingerprint density at radius 2 is 2.06 bits per heavy atom. The third kappa shape index (κ3) is 3.19. The Hall–Kier alpha value is -0.620. The highest BCUT2D eigenvalue weighted by molar-refractivity contribution is 7.91. The van der Waals surface area contributed by atoms with Gasteiger partial charge >= 0.3 is 5.97 Å². The van der Waals surface area contributed by atoms with E-state index in [-0.39, 0.29) is 17.4 Å². The van der Waals surface area contributed by atoms with E-state index in [1.54, 1.807) is 13.8 Å². The van der Waals surface area contributed by atoms with E-state index in [9.17, 15) is 13.2 Å². The predicted octanol–water partition coefficient (Wildman–Crippen LogP) is 0.338. The van der Waals surface area contributed by atoms with Crippen molar-refractivity contribution in [3.8, 4) is 0 Å². The van der Waals surface area contributed by atoms with Crippen molar-refractivity contribution in [3.05, 3.63) is 0 Å². The molecule has 1 aliphatic rings. The van der Waals surface area contributed by atoms with Gasteiger partial charge in [-0.3, -0.25) is 4.79 Å². The second kappa shape index (κ2) is 4.94. The van der Waals surface area contributed by atoms with Crippen LogP contribution in [0.2, 0.25) is 0 Å². The lowest BCUT2D eigenvalue weighted by molar-refractivity contribution is -0.152. The number of ether oxygens (including phenoxy) is 1. The third-order valence-corrected chi connectivity index (χ3v) is 5.40. The normalized spacial score (nSPS) is 26.2. The first-order valence-corrected chi connectivity index (χ1v) is 7.57. The monoisotopic (exact) mass is 263 g/mol. The fourth-order valence-corrected chi connectivity index (χ4v) is 4.13. The van der Waals surface area contributed by atoms with E-state index < -0.39 is 27.3 Å². The van der Waals surface area contributed by atoms with Crippen LogP contribution in [-0.4, -0.2) is 39.0 Å². The average Bonchev–Trinajstić information content (AvgIpc) is 2.25. The molecular formula is C11H21NO4S. The van der Waals surface area contributed by atoms with Crippen molar-refractivity contribution in [2.75, 3.05) is 18.6 Å². The summed E-state index contributed by atoms with van der Waals surface area (Å²) in [5.74, 6) is -0.250. The average molecular weight is 263 g/mol. The highest BCUT2D eigenvalue weighted by Gasteiger charge is 2.42. The molecule has 100 valence electrons. The van der Waals surface area contributed by atoms with Crippen LogP contribution >= 0.6 is 0 Å². The zero-order chi connectivity index (χ0) is 13.3. The van der Waals surface area contributed by atoms with Crippen LogP contribution in [0.4, 0.5) is 0 Å². The number of nitrogens with two attached hydrogens (primary N) is 1. The summed E-state index contributed by atoms with van der Waals surface area (Å²) in [6.45, 7) is 3.40. The molecule has 2 N–H and O–H groups in total. The van der Waals surface area contributed by atoms with Crippen LogP contribution in [0, 0.1) is 11.3 Å². The van der Waals surface area contributed by atoms with E-state index in [2.05, 4.69) is 0 Å². The molecule has 5 nitrogen and oxygen atoms in total. The Labute approximate surface area is 103 Å². The summed E-state index contributed by atoms with van der Waals surface area (Å²) in [6.07, 6.45) is 1.37. The molecule has 0 saturated carbocycles. The smallest absolute Gasteiger partial charge is 0.312 e. The van der Waals surface area contributed by atoms with Gasteiger partial charge in [-0.05, 0) is 32.6 Å². The zero-order valence-corrected chi connectivity index (χ0v) is 11.4. The Morgan fingerprint density at radius 3 is 2.53 bits per heavy atom. The molecular weight excluding hydrogens is 242 g/mol. The summed E-state index contributed by atoms with van der Waals surface area (Å²) >= 11 is 0. The second-order valence-corrected chi connectivity index (χ2v) is 7.48. The van der Waals surface area contributed by atoms with Gasteiger partial charge in [-0.25, -0.2) is 8.42 Å². The molecule has 0 spiro atoms. The van der Waals surface area contributed by atoms with Crippen molar-refractivity contribution < 1.29 is 17.9 Å². The van der Waals surface area contributed by atoms with Gasteiger partial charge in [0.25, 0.3) is 0 Å². The number of rotatable bonds is 3. The van der Waals surface area contributed by atoms with Crippen molar-refractivity contribution in [1.29, 1.82) is 0 Å². The molecule has 0 aromatic rings. The molecule has 1 heterocycles. The van der Waals surface area contributed by atoms with Crippen molar-refractivity contribution in [2.45, 2.75) is 32.7 Å². The molecule has 2 unspecified atom stereocenters. The second-order valence-electron chi connectivity index (χ2n) is 5.26. The molecule has 0 aromatic heterocycles. The number of carbonyl (C=O) groups excluding carboxylic acids is 1. The van der Waals surface area contributed by atoms with E-state index in [0.717, 1.165) is 6.42 Å². The molecule has 1 saturated heterocycles. The minimum Gasteiger partial charge on any atom is -0.469 e. The Morgan fingerprint density at radius 1 is 1.47 bits per heavy atom. The van der Waals surface area contributed by atoms with E-state index in [0.29, 0.717) is 6.42 Å². The van der Waals surface area contributed by atoms with Gasteiger partial charge in [-0.1, -0.05) is 0 Å². The molecule has 17 heavy (non-hydrogen) atoms. The molecule has 2 atom stereocenters. The van der Waals surface area contributed by atoms with Gasteiger partial charge in [0.1, 0.15) is 0 Å². The van der Waals surface area contributed by atoms with E-state index in [4.69, 9.17) is 10.5 Å². The lowest BCUT2D eigenvalue weighted by Crippen LogP contribution is -2.51. The highest BCUT2D eigenvalue weighted by atomic mass is 32.2. The van der Waals surface area contributed by atoms with Gasteiger partial charge < -0.3 is 10.5 Å². The summed E-state index contributed by atoms with van der Waals surface area (Å²) in [5, 5.41) is 0. The van der Waals surface area contributed by atoms with Gasteiger partial charge in [0.15, 0.2) is 9.84 Å². The molecule has 6 heteroatoms. The van der Waals surface area contributed by atoms with E-state index in [1.165, 1.54) is 7.11 Å². The van der Waals surface area contributed by atoms with Crippen LogP contribution in [0.25, 0.3) is 0 Å². The van der Waals surface area contributed by atoms with E-state index in [1.807, 2.05) is 0 Å². The maximum atomic E-state index is 11.6. The van der Waals surface area contributed by atoms with E-state index >= 15 is 0 Å². The SMILES string of the molecule is COC(=O)C(C)(C)C(N)C1CCCS(=O)(=O)C1. The number of carbonyl (C=O) groups is 1. The molecule has 1 rings (SSSR count). The summed E-state index contributed by atoms with van der Waals surface area (Å²) in [4.78, 5) is 11.6. The standard InChI is InChI=1S/C11H21NO4S/c1-11(2,10(13)16-3)9(12)8-5-4-6-17(14,15)7-8/h8-9H,4-7,12H2,1-3H3. The first kappa shape index (κ1) is 14.4. The molecule has 0 aliphatic carbocycles. The summed E-state index contributed by atoms with van der Waals surface area (Å²) < 4.78 is 27.8. The molecule has 1 fully saturated rings. The third-order valence-electron chi connectivity index (χ3n) is 3.55. The van der Waals surface area contributed by atoms with Crippen molar-refractivity contribution >= 4 is 15.8 Å². The minimum atomic E-state index is -3.00. The van der Waals surface area contributed by atoms with Gasteiger partial charge in [0, 0.05) is 6.04 Å². The van der Waals surface area contributed by atoms with Crippen molar-refractivity contribution in [1.82, 2.24) is 0 Å². The largest absolute Gasteiger partial charge is 0.469 e. The number of sulfone groups is 1. The van der Waals surface area contributed by atoms with Crippen LogP contribution in [0.1, 0.15) is 26.7 Å². The van der Waals surface area contributed by atoms with Crippen LogP contribution < -0.4 is 5.73 Å². The number of esters is 1. The zero-order valence-electron chi connectivity index (χ0n) is 10.6. The van der Waals surface area contributed by atoms with Crippen molar-refractivity contribution in [3.63, 3.8) is 0 Å². The van der Waals surface area contributed by atoms with Gasteiger partial charge in [0.05, 0.1) is 24.0 Å². The molecule has 1 aliphatic heterocycles. The first-order valence-electron chi connectivity index (χ1n) is 5.75. The van der Waals surface area contributed by atoms with Gasteiger partial charge in [-0.2, -0.15) is 0 Å². The Balaban J connectivity index is 2.82. The first-order chi connectivity index (χ1) is 7.70. The number of methoxy groups -OCH3 is 1. The maximum absolute atomic E-state index is 11.6. The Bertz CT molecular complexity index is 388. The number of hydrogen-bond acceptors (Lipinski definition) is 5. The quantitative estimate of drug-likeness (QED) is 0.742. The van der Waals surface area contributed by atoms with Crippen LogP contribution in [0.15, 0.2) is 0 Å². The fourth-order valence-electron chi connectivity index (χ4n) is 2.33. The lowest BCUT2D eigenvalue weighted by atomic mass is 9.77. The fraction of sp³-hybridized carbons (Fsp3) is 0.909. The van der Waals surface area contributed by atoms with Gasteiger partial charge in [0.2, 0.25) is 0 Å². The minimum absolute atomic E-state index is 0.0780. The van der Waals surface area contributed by atoms with Gasteiger partial charge in [-0.15, -0.1) is 0 Å². The summed E-state index contributed by atoms with van der Waals surface area (Å²) in [6, 6.07) is -0.495. The summed E-state index contributed by atoms with van der Waals surface area (Å²) in [7, 11) is -1.69. The molecule has 0 radical (unpaired) electrons. The van der Waals surface area contributed by atoms with Crippen LogP contribution in [-0.2, 0) is 19.4 Å².